The molecule has 4 saturated carbocycles. The van der Waals surface area contributed by atoms with Crippen molar-refractivity contribution in [3.8, 4) is 33.4 Å². The van der Waals surface area contributed by atoms with E-state index >= 15 is 0 Å². The van der Waals surface area contributed by atoms with Gasteiger partial charge in [0.15, 0.2) is 0 Å². The first-order valence-electron chi connectivity index (χ1n) is 21.1. The van der Waals surface area contributed by atoms with Crippen molar-refractivity contribution in [2.45, 2.75) is 38.0 Å². The van der Waals surface area contributed by atoms with Crippen molar-refractivity contribution in [1.29, 1.82) is 0 Å². The molecule has 0 aliphatic heterocycles. The molecule has 0 unspecified atom stereocenters. The second kappa shape index (κ2) is 12.5. The summed E-state index contributed by atoms with van der Waals surface area (Å²) in [7, 11) is 0. The van der Waals surface area contributed by atoms with Crippen LogP contribution in [-0.4, -0.2) is 14.5 Å². The summed E-state index contributed by atoms with van der Waals surface area (Å²) < 4.78 is 2.98. The van der Waals surface area contributed by atoms with E-state index in [1.165, 1.54) is 128 Å². The fraction of sp³-hybridized carbons (Fsp3) is 0.179. The van der Waals surface area contributed by atoms with Gasteiger partial charge in [-0.15, -0.1) is 0 Å². The Kier molecular flexibility index (Phi) is 7.16. The van der Waals surface area contributed by atoms with Gasteiger partial charge in [-0.1, -0.05) is 0 Å². The summed E-state index contributed by atoms with van der Waals surface area (Å²) in [5.74, 6) is 4.33. The van der Waals surface area contributed by atoms with Crippen LogP contribution in [0.4, 0.5) is 0 Å². The summed E-state index contributed by atoms with van der Waals surface area (Å²) in [6.45, 7) is 0. The fourth-order valence-electron chi connectivity index (χ4n) is 12.8. The Bertz CT molecular complexity index is 3110. The van der Waals surface area contributed by atoms with E-state index in [4.69, 9.17) is 0 Å². The first kappa shape index (κ1) is 32.6. The molecule has 9 aromatic carbocycles. The third-order valence-corrected chi connectivity index (χ3v) is 16.9. The fourth-order valence-corrected chi connectivity index (χ4v) is 15.2. The number of hydrogen-bond acceptors (Lipinski definition) is 0. The van der Waals surface area contributed by atoms with Crippen molar-refractivity contribution >= 4 is 76.9 Å². The zero-order chi connectivity index (χ0) is 37.2. The zero-order valence-corrected chi connectivity index (χ0v) is 33.6. The van der Waals surface area contributed by atoms with Crippen LogP contribution in [-0.2, 0) is 0 Å². The Morgan fingerprint density at radius 2 is 0.842 bits per heavy atom. The monoisotopic (exact) mass is 794 g/mol. The molecule has 10 aromatic rings. The molecule has 4 aliphatic carbocycles. The van der Waals surface area contributed by atoms with Gasteiger partial charge in [-0.05, 0) is 0 Å². The van der Waals surface area contributed by atoms with Crippen LogP contribution >= 0.6 is 0 Å². The number of rotatable bonds is 4. The van der Waals surface area contributed by atoms with Gasteiger partial charge in [0.25, 0.3) is 0 Å². The SMILES string of the molecule is c1ccc(-c2c3ccccc3c(-c3cccc4[se]c5cc(-c6c7ccccc7c(C7C8CC9CC(C8)CC7C9)c7ccccc67)ccc5c34)c3ccccc23)cc1. The van der Waals surface area contributed by atoms with E-state index in [9.17, 15) is 0 Å². The van der Waals surface area contributed by atoms with Crippen LogP contribution in [0.3, 0.4) is 0 Å². The van der Waals surface area contributed by atoms with Gasteiger partial charge in [-0.2, -0.15) is 0 Å². The van der Waals surface area contributed by atoms with E-state index in [1.54, 1.807) is 5.56 Å². The van der Waals surface area contributed by atoms with Gasteiger partial charge in [-0.3, -0.25) is 0 Å². The van der Waals surface area contributed by atoms with Crippen LogP contribution < -0.4 is 0 Å². The van der Waals surface area contributed by atoms with E-state index in [1.807, 2.05) is 0 Å². The van der Waals surface area contributed by atoms with E-state index < -0.39 is 0 Å². The molecule has 0 nitrogen and oxygen atoms in total. The van der Waals surface area contributed by atoms with E-state index in [0.29, 0.717) is 5.92 Å². The van der Waals surface area contributed by atoms with Crippen molar-refractivity contribution in [2.24, 2.45) is 23.7 Å². The van der Waals surface area contributed by atoms with Gasteiger partial charge in [-0.25, -0.2) is 0 Å². The van der Waals surface area contributed by atoms with Crippen LogP contribution in [0.25, 0.3) is 95.8 Å². The van der Waals surface area contributed by atoms with Gasteiger partial charge >= 0.3 is 341 Å². The van der Waals surface area contributed by atoms with Crippen LogP contribution in [0.1, 0.15) is 43.6 Å². The van der Waals surface area contributed by atoms with Crippen molar-refractivity contribution in [3.63, 3.8) is 0 Å². The summed E-state index contributed by atoms with van der Waals surface area (Å²) in [6, 6.07) is 62.6. The standard InChI is InChI=1S/C56H42Se/c1-2-13-35(14-3-1)52-39-15-4-8-19-43(39)54(44-20-9-5-16-40(44)52)48-23-12-24-49-55(48)47-26-25-36(32-50(47)57-49)53-41-17-6-10-21-45(41)56(46-22-11-7-18-42(46)53)51-37-28-33-27-34(30-37)31-38(51)29-33/h1-26,32-34,37-38,51H,27-31H2. The Hall–Kier alpha value is -5.46. The molecule has 0 atom stereocenters. The molecule has 0 N–H and O–H groups in total. The summed E-state index contributed by atoms with van der Waals surface area (Å²) in [5, 5.41) is 13.9. The molecule has 1 heteroatoms. The molecular formula is C56H42Se. The summed E-state index contributed by atoms with van der Waals surface area (Å²) in [4.78, 5) is 0. The molecular weight excluding hydrogens is 752 g/mol. The summed E-state index contributed by atoms with van der Waals surface area (Å²) in [6.07, 6.45) is 7.28. The van der Waals surface area contributed by atoms with Crippen LogP contribution in [0.5, 0.6) is 0 Å². The Labute approximate surface area is 339 Å². The maximum atomic E-state index is 2.57. The van der Waals surface area contributed by atoms with Crippen LogP contribution in [0.15, 0.2) is 164 Å². The maximum absolute atomic E-state index is 2.57. The molecule has 0 spiro atoms. The molecule has 4 fully saturated rings. The number of hydrogen-bond donors (Lipinski definition) is 0. The van der Waals surface area contributed by atoms with Gasteiger partial charge in [0.05, 0.1) is 0 Å². The average Bonchev–Trinajstić information content (AvgIpc) is 3.63. The van der Waals surface area contributed by atoms with E-state index in [0.717, 1.165) is 23.7 Å². The second-order valence-electron chi connectivity index (χ2n) is 17.5. The quantitative estimate of drug-likeness (QED) is 0.123. The number of benzene rings is 9. The Morgan fingerprint density at radius 1 is 0.351 bits per heavy atom. The minimum atomic E-state index is 0.207. The molecule has 0 amide bonds. The zero-order valence-electron chi connectivity index (χ0n) is 31.9. The molecule has 272 valence electrons. The molecule has 1 heterocycles. The third kappa shape index (κ3) is 4.80. The minimum absolute atomic E-state index is 0.207. The molecule has 14 rings (SSSR count). The molecule has 0 radical (unpaired) electrons. The van der Waals surface area contributed by atoms with Crippen molar-refractivity contribution in [3.05, 3.63) is 169 Å². The van der Waals surface area contributed by atoms with E-state index in [2.05, 4.69) is 164 Å². The molecule has 57 heavy (non-hydrogen) atoms. The predicted octanol–water partition coefficient (Wildman–Crippen LogP) is 15.2. The van der Waals surface area contributed by atoms with Gasteiger partial charge in [0, 0.05) is 0 Å². The van der Waals surface area contributed by atoms with Crippen LogP contribution in [0, 0.1) is 23.7 Å². The Balaban J connectivity index is 1.03. The topological polar surface area (TPSA) is 0 Å². The van der Waals surface area contributed by atoms with E-state index in [-0.39, 0.29) is 14.5 Å². The first-order valence-corrected chi connectivity index (χ1v) is 22.9. The predicted molar refractivity (Wildman–Crippen MR) is 245 cm³/mol. The van der Waals surface area contributed by atoms with Crippen molar-refractivity contribution in [2.75, 3.05) is 0 Å². The second-order valence-corrected chi connectivity index (χ2v) is 19.8. The van der Waals surface area contributed by atoms with Crippen molar-refractivity contribution in [1.82, 2.24) is 0 Å². The van der Waals surface area contributed by atoms with Crippen molar-refractivity contribution < 1.29 is 0 Å². The summed E-state index contributed by atoms with van der Waals surface area (Å²) >= 11 is 0.207. The number of fused-ring (bicyclic) bond motifs is 7. The third-order valence-electron chi connectivity index (χ3n) is 14.6. The molecule has 4 aliphatic rings. The first-order chi connectivity index (χ1) is 28.3. The molecule has 1 aromatic heterocycles. The molecule has 4 bridgehead atoms. The normalized spacial score (nSPS) is 21.5. The average molecular weight is 794 g/mol. The van der Waals surface area contributed by atoms with Gasteiger partial charge in [0.1, 0.15) is 0 Å². The van der Waals surface area contributed by atoms with Crippen LogP contribution in [0.2, 0.25) is 0 Å². The van der Waals surface area contributed by atoms with Gasteiger partial charge < -0.3 is 0 Å². The Morgan fingerprint density at radius 3 is 1.42 bits per heavy atom. The molecule has 0 saturated heterocycles. The van der Waals surface area contributed by atoms with Gasteiger partial charge in [0.2, 0.25) is 0 Å². The summed E-state index contributed by atoms with van der Waals surface area (Å²) in [5.41, 5.74) is 9.72.